The first-order valence-corrected chi connectivity index (χ1v) is 7.32. The smallest absolute Gasteiger partial charge is 0.126 e. The van der Waals surface area contributed by atoms with E-state index in [4.69, 9.17) is 0 Å². The largest absolute Gasteiger partial charge is 0.314 e. The molecule has 2 aromatic rings. The second kappa shape index (κ2) is 7.32. The Morgan fingerprint density at radius 3 is 2.43 bits per heavy atom. The van der Waals surface area contributed by atoms with Gasteiger partial charge in [-0.25, -0.2) is 8.78 Å². The maximum atomic E-state index is 13.8. The van der Waals surface area contributed by atoms with Crippen LogP contribution < -0.4 is 5.32 Å². The second-order valence-electron chi connectivity index (χ2n) is 5.33. The maximum absolute atomic E-state index is 13.8. The predicted molar refractivity (Wildman–Crippen MR) is 82.4 cm³/mol. The molecule has 1 unspecified atom stereocenters. The maximum Gasteiger partial charge on any atom is 0.126 e. The molecule has 0 aliphatic rings. The minimum atomic E-state index is -0.391. The Balaban J connectivity index is 2.16. The molecule has 1 nitrogen and oxygen atoms in total. The van der Waals surface area contributed by atoms with Crippen molar-refractivity contribution >= 4 is 0 Å². The molecular weight excluding hydrogens is 268 g/mol. The lowest BCUT2D eigenvalue weighted by Gasteiger charge is -2.19. The van der Waals surface area contributed by atoms with Crippen LogP contribution in [0.25, 0.3) is 0 Å². The van der Waals surface area contributed by atoms with E-state index < -0.39 is 5.82 Å². The van der Waals surface area contributed by atoms with Gasteiger partial charge >= 0.3 is 0 Å². The van der Waals surface area contributed by atoms with E-state index in [1.165, 1.54) is 23.3 Å². The lowest BCUT2D eigenvalue weighted by atomic mass is 9.96. The van der Waals surface area contributed by atoms with Gasteiger partial charge in [-0.3, -0.25) is 0 Å². The number of halogens is 2. The standard InChI is InChI=1S/C18H21F2N/c1-3-21-17(11-14-7-5-4-6-13(14)2)12-15-10-16(19)8-9-18(15)20/h4-10,17,21H,3,11-12H2,1-2H3. The molecule has 0 saturated heterocycles. The van der Waals surface area contributed by atoms with Crippen molar-refractivity contribution in [1.82, 2.24) is 5.32 Å². The quantitative estimate of drug-likeness (QED) is 0.846. The fraction of sp³-hybridized carbons (Fsp3) is 0.333. The summed E-state index contributed by atoms with van der Waals surface area (Å²) in [6.07, 6.45) is 1.28. The Bertz CT molecular complexity index is 596. The summed E-state index contributed by atoms with van der Waals surface area (Å²) in [6, 6.07) is 11.9. The first-order valence-electron chi connectivity index (χ1n) is 7.32. The highest BCUT2D eigenvalue weighted by Gasteiger charge is 2.14. The van der Waals surface area contributed by atoms with Crippen molar-refractivity contribution in [2.75, 3.05) is 6.54 Å². The molecule has 0 aliphatic heterocycles. The summed E-state index contributed by atoms with van der Waals surface area (Å²) in [6.45, 7) is 4.89. The fourth-order valence-electron chi connectivity index (χ4n) is 2.57. The van der Waals surface area contributed by atoms with Gasteiger partial charge in [0.2, 0.25) is 0 Å². The zero-order chi connectivity index (χ0) is 15.2. The van der Waals surface area contributed by atoms with Crippen LogP contribution in [0.3, 0.4) is 0 Å². The number of hydrogen-bond acceptors (Lipinski definition) is 1. The Morgan fingerprint density at radius 2 is 1.71 bits per heavy atom. The van der Waals surface area contributed by atoms with Gasteiger partial charge < -0.3 is 5.32 Å². The lowest BCUT2D eigenvalue weighted by molar-refractivity contribution is 0.501. The van der Waals surface area contributed by atoms with Crippen LogP contribution in [0.5, 0.6) is 0 Å². The molecule has 0 fully saturated rings. The van der Waals surface area contributed by atoms with Crippen molar-refractivity contribution in [3.63, 3.8) is 0 Å². The van der Waals surface area contributed by atoms with Crippen LogP contribution >= 0.6 is 0 Å². The van der Waals surface area contributed by atoms with Crippen LogP contribution in [0.1, 0.15) is 23.6 Å². The van der Waals surface area contributed by atoms with Crippen molar-refractivity contribution in [2.24, 2.45) is 0 Å². The van der Waals surface area contributed by atoms with Gasteiger partial charge in [-0.1, -0.05) is 31.2 Å². The van der Waals surface area contributed by atoms with Gasteiger partial charge in [-0.2, -0.15) is 0 Å². The average Bonchev–Trinajstić information content (AvgIpc) is 2.45. The van der Waals surface area contributed by atoms with Crippen molar-refractivity contribution in [3.8, 4) is 0 Å². The highest BCUT2D eigenvalue weighted by atomic mass is 19.1. The molecule has 0 aliphatic carbocycles. The Kier molecular flexibility index (Phi) is 5.45. The van der Waals surface area contributed by atoms with Gasteiger partial charge in [0.05, 0.1) is 0 Å². The van der Waals surface area contributed by atoms with E-state index in [2.05, 4.69) is 24.4 Å². The van der Waals surface area contributed by atoms with Crippen molar-refractivity contribution in [3.05, 3.63) is 70.8 Å². The zero-order valence-corrected chi connectivity index (χ0v) is 12.5. The van der Waals surface area contributed by atoms with Crippen LogP contribution in [0.4, 0.5) is 8.78 Å². The van der Waals surface area contributed by atoms with Crippen molar-refractivity contribution < 1.29 is 8.78 Å². The Morgan fingerprint density at radius 1 is 1.00 bits per heavy atom. The van der Waals surface area contributed by atoms with Crippen LogP contribution in [0, 0.1) is 18.6 Å². The highest BCUT2D eigenvalue weighted by Crippen LogP contribution is 2.16. The van der Waals surface area contributed by atoms with E-state index in [1.54, 1.807) is 0 Å². The van der Waals surface area contributed by atoms with Crippen LogP contribution in [-0.4, -0.2) is 12.6 Å². The van der Waals surface area contributed by atoms with Crippen molar-refractivity contribution in [1.29, 1.82) is 0 Å². The fourth-order valence-corrected chi connectivity index (χ4v) is 2.57. The number of aryl methyl sites for hydroxylation is 1. The molecule has 0 heterocycles. The molecule has 112 valence electrons. The Hall–Kier alpha value is -1.74. The molecule has 0 saturated carbocycles. The van der Waals surface area contributed by atoms with Gasteiger partial charge in [0.1, 0.15) is 11.6 Å². The number of hydrogen-bond donors (Lipinski definition) is 1. The molecule has 3 heteroatoms. The van der Waals surface area contributed by atoms with Gasteiger partial charge in [0.25, 0.3) is 0 Å². The van der Waals surface area contributed by atoms with E-state index in [1.807, 2.05) is 19.1 Å². The SMILES string of the molecule is CCNC(Cc1ccccc1C)Cc1cc(F)ccc1F. The summed E-state index contributed by atoms with van der Waals surface area (Å²) in [5.74, 6) is -0.735. The van der Waals surface area contributed by atoms with E-state index in [9.17, 15) is 8.78 Å². The molecule has 21 heavy (non-hydrogen) atoms. The van der Waals surface area contributed by atoms with Crippen molar-refractivity contribution in [2.45, 2.75) is 32.7 Å². The molecule has 0 bridgehead atoms. The van der Waals surface area contributed by atoms with Crippen LogP contribution in [0.2, 0.25) is 0 Å². The summed E-state index contributed by atoms with van der Waals surface area (Å²) in [7, 11) is 0. The topological polar surface area (TPSA) is 12.0 Å². The molecule has 0 spiro atoms. The third-order valence-corrected chi connectivity index (χ3v) is 3.69. The summed E-state index contributed by atoms with van der Waals surface area (Å²) in [4.78, 5) is 0. The van der Waals surface area contributed by atoms with E-state index >= 15 is 0 Å². The van der Waals surface area contributed by atoms with Gasteiger partial charge in [0.15, 0.2) is 0 Å². The summed E-state index contributed by atoms with van der Waals surface area (Å²) in [5.41, 5.74) is 2.88. The first kappa shape index (κ1) is 15.6. The minimum absolute atomic E-state index is 0.0902. The number of nitrogens with one attached hydrogen (secondary N) is 1. The van der Waals surface area contributed by atoms with E-state index in [0.717, 1.165) is 19.0 Å². The lowest BCUT2D eigenvalue weighted by Crippen LogP contribution is -2.33. The monoisotopic (exact) mass is 289 g/mol. The first-order chi connectivity index (χ1) is 10.1. The van der Waals surface area contributed by atoms with Gasteiger partial charge in [0, 0.05) is 6.04 Å². The van der Waals surface area contributed by atoms with Gasteiger partial charge in [-0.05, 0) is 61.2 Å². The third kappa shape index (κ3) is 4.36. The summed E-state index contributed by atoms with van der Waals surface area (Å²) >= 11 is 0. The molecular formula is C18H21F2N. The van der Waals surface area contributed by atoms with E-state index in [0.29, 0.717) is 12.0 Å². The molecule has 1 atom stereocenters. The third-order valence-electron chi connectivity index (χ3n) is 3.69. The summed E-state index contributed by atoms with van der Waals surface area (Å²) in [5, 5.41) is 3.36. The number of benzene rings is 2. The Labute approximate surface area is 125 Å². The normalized spacial score (nSPS) is 12.4. The summed E-state index contributed by atoms with van der Waals surface area (Å²) < 4.78 is 27.1. The molecule has 2 aromatic carbocycles. The molecule has 0 amide bonds. The average molecular weight is 289 g/mol. The second-order valence-corrected chi connectivity index (χ2v) is 5.33. The molecule has 2 rings (SSSR count). The zero-order valence-electron chi connectivity index (χ0n) is 12.5. The van der Waals surface area contributed by atoms with Crippen LogP contribution in [-0.2, 0) is 12.8 Å². The molecule has 0 radical (unpaired) electrons. The molecule has 1 N–H and O–H groups in total. The van der Waals surface area contributed by atoms with Crippen LogP contribution in [0.15, 0.2) is 42.5 Å². The predicted octanol–water partition coefficient (Wildman–Crippen LogP) is 4.04. The minimum Gasteiger partial charge on any atom is -0.314 e. The highest BCUT2D eigenvalue weighted by molar-refractivity contribution is 5.27. The number of likely N-dealkylation sites (N-methyl/N-ethyl adjacent to an activating group) is 1. The molecule has 0 aromatic heterocycles. The van der Waals surface area contributed by atoms with E-state index in [-0.39, 0.29) is 11.9 Å². The number of rotatable bonds is 6. The van der Waals surface area contributed by atoms with Gasteiger partial charge in [-0.15, -0.1) is 0 Å².